The lowest BCUT2D eigenvalue weighted by molar-refractivity contribution is -0.137. The number of nitrogens with one attached hydrogen (secondary N) is 1. The molecule has 0 rings (SSSR count). The Kier molecular flexibility index (Phi) is 6.87. The quantitative estimate of drug-likeness (QED) is 0.678. The van der Waals surface area contributed by atoms with E-state index < -0.39 is 12.6 Å². The monoisotopic (exact) mass is 228 g/mol. The first-order valence-electron chi connectivity index (χ1n) is 4.92. The molecule has 3 nitrogen and oxygen atoms in total. The first-order chi connectivity index (χ1) is 6.89. The molecule has 0 saturated heterocycles. The second-order valence-corrected chi connectivity index (χ2v) is 3.63. The van der Waals surface area contributed by atoms with Gasteiger partial charge in [-0.25, -0.2) is 0 Å². The van der Waals surface area contributed by atoms with Crippen molar-refractivity contribution in [2.45, 2.75) is 25.1 Å². The van der Waals surface area contributed by atoms with Crippen LogP contribution in [0.4, 0.5) is 13.2 Å². The van der Waals surface area contributed by atoms with Gasteiger partial charge in [-0.05, 0) is 27.1 Å². The number of aliphatic hydroxyl groups is 1. The first kappa shape index (κ1) is 14.7. The molecule has 1 atom stereocenters. The van der Waals surface area contributed by atoms with E-state index in [1.807, 2.05) is 0 Å². The second kappa shape index (κ2) is 7.03. The van der Waals surface area contributed by atoms with Crippen molar-refractivity contribution in [2.75, 3.05) is 33.8 Å². The molecule has 0 aliphatic carbocycles. The molecule has 92 valence electrons. The van der Waals surface area contributed by atoms with E-state index in [1.54, 1.807) is 19.0 Å². The smallest absolute Gasteiger partial charge is 0.390 e. The zero-order valence-electron chi connectivity index (χ0n) is 9.14. The Morgan fingerprint density at radius 1 is 1.33 bits per heavy atom. The minimum Gasteiger partial charge on any atom is -0.395 e. The predicted molar refractivity (Wildman–Crippen MR) is 52.7 cm³/mol. The third-order valence-corrected chi connectivity index (χ3v) is 2.26. The van der Waals surface area contributed by atoms with Crippen LogP contribution in [0, 0.1) is 0 Å². The average Bonchev–Trinajstić information content (AvgIpc) is 2.15. The molecule has 0 aromatic heterocycles. The molecule has 0 bridgehead atoms. The van der Waals surface area contributed by atoms with Gasteiger partial charge in [0.2, 0.25) is 0 Å². The van der Waals surface area contributed by atoms with Crippen LogP contribution in [-0.2, 0) is 0 Å². The molecular formula is C9H19F3N2O. The molecular weight excluding hydrogens is 209 g/mol. The molecule has 0 spiro atoms. The highest BCUT2D eigenvalue weighted by Gasteiger charge is 2.26. The number of aliphatic hydroxyl groups excluding tert-OH is 1. The fraction of sp³-hybridized carbons (Fsp3) is 1.00. The Morgan fingerprint density at radius 2 is 1.93 bits per heavy atom. The van der Waals surface area contributed by atoms with Crippen molar-refractivity contribution in [1.29, 1.82) is 0 Å². The van der Waals surface area contributed by atoms with Gasteiger partial charge in [0.1, 0.15) is 0 Å². The first-order valence-corrected chi connectivity index (χ1v) is 4.92. The summed E-state index contributed by atoms with van der Waals surface area (Å²) in [6.07, 6.45) is -4.23. The molecule has 1 unspecified atom stereocenters. The molecule has 0 saturated carbocycles. The summed E-state index contributed by atoms with van der Waals surface area (Å²) in [5.41, 5.74) is 0. The van der Waals surface area contributed by atoms with Crippen molar-refractivity contribution < 1.29 is 18.3 Å². The third kappa shape index (κ3) is 8.65. The minimum absolute atomic E-state index is 0.00358. The van der Waals surface area contributed by atoms with Gasteiger partial charge in [-0.1, -0.05) is 0 Å². The number of likely N-dealkylation sites (N-methyl/N-ethyl adjacent to an activating group) is 1. The third-order valence-electron chi connectivity index (χ3n) is 2.26. The molecule has 6 heteroatoms. The van der Waals surface area contributed by atoms with Crippen LogP contribution in [-0.4, -0.2) is 56.0 Å². The molecule has 0 aliphatic heterocycles. The highest BCUT2D eigenvalue weighted by Crippen LogP contribution is 2.19. The molecule has 0 aromatic carbocycles. The van der Waals surface area contributed by atoms with E-state index >= 15 is 0 Å². The lowest BCUT2D eigenvalue weighted by Crippen LogP contribution is -2.34. The van der Waals surface area contributed by atoms with Crippen LogP contribution >= 0.6 is 0 Å². The summed E-state index contributed by atoms with van der Waals surface area (Å²) in [4.78, 5) is 1.62. The molecule has 15 heavy (non-hydrogen) atoms. The Balaban J connectivity index is 3.61. The van der Waals surface area contributed by atoms with Gasteiger partial charge in [0.05, 0.1) is 13.0 Å². The molecule has 0 heterocycles. The molecule has 0 amide bonds. The van der Waals surface area contributed by atoms with Gasteiger partial charge in [0.15, 0.2) is 0 Å². The fourth-order valence-electron chi connectivity index (χ4n) is 1.13. The molecule has 0 aliphatic rings. The van der Waals surface area contributed by atoms with Gasteiger partial charge in [-0.15, -0.1) is 0 Å². The number of rotatable bonds is 7. The lowest BCUT2D eigenvalue weighted by Gasteiger charge is -2.20. The summed E-state index contributed by atoms with van der Waals surface area (Å²) in [5.74, 6) is 0. The maximum absolute atomic E-state index is 11.9. The largest absolute Gasteiger partial charge is 0.395 e. The minimum atomic E-state index is -4.09. The maximum Gasteiger partial charge on any atom is 0.390 e. The Bertz CT molecular complexity index is 160. The maximum atomic E-state index is 11.9. The fourth-order valence-corrected chi connectivity index (χ4v) is 1.13. The number of nitrogens with zero attached hydrogens (tertiary/aromatic N) is 1. The summed E-state index contributed by atoms with van der Waals surface area (Å²) >= 11 is 0. The van der Waals surface area contributed by atoms with Crippen molar-refractivity contribution in [3.63, 3.8) is 0 Å². The zero-order valence-corrected chi connectivity index (χ0v) is 9.14. The van der Waals surface area contributed by atoms with Crippen LogP contribution in [0.1, 0.15) is 12.8 Å². The lowest BCUT2D eigenvalue weighted by atomic mass is 10.2. The number of hydrogen-bond donors (Lipinski definition) is 2. The summed E-state index contributed by atoms with van der Waals surface area (Å²) in [5, 5.41) is 11.7. The van der Waals surface area contributed by atoms with Crippen LogP contribution < -0.4 is 5.32 Å². The molecule has 0 aromatic rings. The Hall–Kier alpha value is -0.330. The Labute approximate surface area is 88.3 Å². The van der Waals surface area contributed by atoms with Crippen LogP contribution in [0.15, 0.2) is 0 Å². The summed E-state index contributed by atoms with van der Waals surface area (Å²) in [7, 11) is 3.37. The predicted octanol–water partition coefficient (Wildman–Crippen LogP) is 0.841. The van der Waals surface area contributed by atoms with E-state index in [4.69, 9.17) is 5.11 Å². The van der Waals surface area contributed by atoms with Crippen LogP contribution in [0.3, 0.4) is 0 Å². The van der Waals surface area contributed by atoms with Gasteiger partial charge in [0, 0.05) is 12.6 Å². The SMILES string of the molecule is CNC(CO)CCN(C)CCC(F)(F)F. The van der Waals surface area contributed by atoms with Crippen molar-refractivity contribution in [1.82, 2.24) is 10.2 Å². The van der Waals surface area contributed by atoms with Gasteiger partial charge < -0.3 is 15.3 Å². The van der Waals surface area contributed by atoms with Crippen molar-refractivity contribution >= 4 is 0 Å². The number of alkyl halides is 3. The van der Waals surface area contributed by atoms with E-state index in [0.717, 1.165) is 0 Å². The van der Waals surface area contributed by atoms with E-state index in [2.05, 4.69) is 5.32 Å². The van der Waals surface area contributed by atoms with Crippen LogP contribution in [0.2, 0.25) is 0 Å². The Morgan fingerprint density at radius 3 is 2.33 bits per heavy atom. The van der Waals surface area contributed by atoms with Gasteiger partial charge in [0.25, 0.3) is 0 Å². The molecule has 0 fully saturated rings. The van der Waals surface area contributed by atoms with E-state index in [-0.39, 0.29) is 19.2 Å². The summed E-state index contributed by atoms with van der Waals surface area (Å²) in [6, 6.07) is -0.0432. The normalized spacial score (nSPS) is 14.6. The number of hydrogen-bond acceptors (Lipinski definition) is 3. The van der Waals surface area contributed by atoms with E-state index in [0.29, 0.717) is 13.0 Å². The van der Waals surface area contributed by atoms with Crippen molar-refractivity contribution in [2.24, 2.45) is 0 Å². The van der Waals surface area contributed by atoms with Crippen LogP contribution in [0.25, 0.3) is 0 Å². The van der Waals surface area contributed by atoms with Crippen molar-refractivity contribution in [3.8, 4) is 0 Å². The molecule has 2 N–H and O–H groups in total. The highest BCUT2D eigenvalue weighted by molar-refractivity contribution is 4.65. The standard InChI is InChI=1S/C9H19F3N2O/c1-13-8(7-15)3-5-14(2)6-4-9(10,11)12/h8,13,15H,3-7H2,1-2H3. The average molecular weight is 228 g/mol. The number of halogens is 3. The molecule has 0 radical (unpaired) electrons. The van der Waals surface area contributed by atoms with Gasteiger partial charge in [-0.3, -0.25) is 0 Å². The van der Waals surface area contributed by atoms with Crippen molar-refractivity contribution in [3.05, 3.63) is 0 Å². The second-order valence-electron chi connectivity index (χ2n) is 3.63. The van der Waals surface area contributed by atoms with Crippen LogP contribution in [0.5, 0.6) is 0 Å². The zero-order chi connectivity index (χ0) is 11.9. The van der Waals surface area contributed by atoms with Gasteiger partial charge in [-0.2, -0.15) is 13.2 Å². The van der Waals surface area contributed by atoms with E-state index in [1.165, 1.54) is 0 Å². The summed E-state index contributed by atoms with van der Waals surface area (Å²) in [6.45, 7) is 0.553. The van der Waals surface area contributed by atoms with Gasteiger partial charge >= 0.3 is 6.18 Å². The highest BCUT2D eigenvalue weighted by atomic mass is 19.4. The van der Waals surface area contributed by atoms with E-state index in [9.17, 15) is 13.2 Å². The topological polar surface area (TPSA) is 35.5 Å². The summed E-state index contributed by atoms with van der Waals surface area (Å²) < 4.78 is 35.6.